The first-order valence-electron chi connectivity index (χ1n) is 8.83. The Labute approximate surface area is 165 Å². The topological polar surface area (TPSA) is 50.5 Å². The molecule has 7 heteroatoms. The van der Waals surface area contributed by atoms with Gasteiger partial charge in [-0.1, -0.05) is 23.5 Å². The minimum atomic E-state index is -0.0109. The van der Waals surface area contributed by atoms with Crippen molar-refractivity contribution in [1.29, 1.82) is 0 Å². The number of quaternary nitrogens is 1. The molecule has 0 aliphatic rings. The van der Waals surface area contributed by atoms with Crippen molar-refractivity contribution in [2.75, 3.05) is 32.1 Å². The molecule has 2 aromatic carbocycles. The Hall–Kier alpha value is -2.35. The van der Waals surface area contributed by atoms with Gasteiger partial charge in [-0.05, 0) is 36.8 Å². The molecule has 0 aliphatic carbocycles. The van der Waals surface area contributed by atoms with Gasteiger partial charge in [0.2, 0.25) is 0 Å². The van der Waals surface area contributed by atoms with E-state index in [2.05, 4.69) is 38.1 Å². The molecule has 0 fully saturated rings. The van der Waals surface area contributed by atoms with Gasteiger partial charge in [-0.2, -0.15) is 0 Å². The third-order valence-electron chi connectivity index (χ3n) is 4.50. The average Bonchev–Trinajstić information content (AvgIpc) is 3.28. The summed E-state index contributed by atoms with van der Waals surface area (Å²) in [5, 5.41) is 0.759. The number of nitrogens with one attached hydrogen (secondary N) is 1. The molecule has 0 saturated carbocycles. The van der Waals surface area contributed by atoms with Gasteiger partial charge in [-0.25, -0.2) is 9.97 Å². The second-order valence-electron chi connectivity index (χ2n) is 6.87. The van der Waals surface area contributed by atoms with Crippen molar-refractivity contribution in [1.82, 2.24) is 9.97 Å². The Morgan fingerprint density at radius 3 is 2.81 bits per heavy atom. The molecule has 2 heterocycles. The molecule has 4 rings (SSSR count). The lowest BCUT2D eigenvalue weighted by Crippen LogP contribution is -3.06. The molecular formula is C20H21N4OS2+. The van der Waals surface area contributed by atoms with Gasteiger partial charge >= 0.3 is 0 Å². The Balaban J connectivity index is 1.74. The van der Waals surface area contributed by atoms with Crippen molar-refractivity contribution in [3.8, 4) is 0 Å². The minimum Gasteiger partial charge on any atom is -0.338 e. The molecule has 1 N–H and O–H groups in total. The normalized spacial score (nSPS) is 11.6. The first-order chi connectivity index (χ1) is 13.0. The van der Waals surface area contributed by atoms with Crippen molar-refractivity contribution < 1.29 is 9.69 Å². The van der Waals surface area contributed by atoms with Crippen LogP contribution in [0.25, 0.3) is 20.4 Å². The lowest BCUT2D eigenvalue weighted by molar-refractivity contribution is -0.856. The predicted molar refractivity (Wildman–Crippen MR) is 113 cm³/mol. The summed E-state index contributed by atoms with van der Waals surface area (Å²) in [7, 11) is 4.18. The van der Waals surface area contributed by atoms with Crippen molar-refractivity contribution in [2.45, 2.75) is 6.92 Å². The molecular weight excluding hydrogens is 376 g/mol. The Morgan fingerprint density at radius 1 is 1.19 bits per heavy atom. The van der Waals surface area contributed by atoms with Gasteiger partial charge in [0.25, 0.3) is 5.91 Å². The molecule has 4 aromatic rings. The molecule has 0 radical (unpaired) electrons. The fraction of sp³-hybridized carbons (Fsp3) is 0.250. The van der Waals surface area contributed by atoms with E-state index in [4.69, 9.17) is 4.98 Å². The molecule has 0 bridgehead atoms. The van der Waals surface area contributed by atoms with E-state index in [0.29, 0.717) is 12.1 Å². The lowest BCUT2D eigenvalue weighted by atomic mass is 10.2. The van der Waals surface area contributed by atoms with E-state index < -0.39 is 0 Å². The second-order valence-corrected chi connectivity index (χ2v) is 8.76. The Bertz CT molecular complexity index is 1120. The number of hydrogen-bond acceptors (Lipinski definition) is 5. The molecule has 0 saturated heterocycles. The number of likely N-dealkylation sites (N-methyl/N-ethyl adjacent to an activating group) is 1. The van der Waals surface area contributed by atoms with Gasteiger partial charge in [0.1, 0.15) is 0 Å². The van der Waals surface area contributed by atoms with Crippen LogP contribution >= 0.6 is 22.7 Å². The van der Waals surface area contributed by atoms with Gasteiger partial charge in [-0.15, -0.1) is 11.3 Å². The number of fused-ring (bicyclic) bond motifs is 2. The molecule has 0 aliphatic heterocycles. The number of carbonyl (C=O) groups excluding carboxylic acids is 1. The van der Waals surface area contributed by atoms with Crippen LogP contribution in [0.2, 0.25) is 0 Å². The maximum absolute atomic E-state index is 13.4. The summed E-state index contributed by atoms with van der Waals surface area (Å²) in [6.45, 7) is 3.53. The molecule has 2 aromatic heterocycles. The number of carbonyl (C=O) groups is 1. The summed E-state index contributed by atoms with van der Waals surface area (Å²) in [4.78, 5) is 25.6. The van der Waals surface area contributed by atoms with Crippen LogP contribution in [0, 0.1) is 6.92 Å². The fourth-order valence-electron chi connectivity index (χ4n) is 2.95. The zero-order valence-electron chi connectivity index (χ0n) is 15.5. The predicted octanol–water partition coefficient (Wildman–Crippen LogP) is 3.01. The van der Waals surface area contributed by atoms with E-state index in [1.807, 2.05) is 34.7 Å². The Morgan fingerprint density at radius 2 is 2.04 bits per heavy atom. The van der Waals surface area contributed by atoms with Gasteiger partial charge in [0.15, 0.2) is 5.13 Å². The van der Waals surface area contributed by atoms with Crippen molar-refractivity contribution >= 4 is 54.1 Å². The quantitative estimate of drug-likeness (QED) is 0.563. The van der Waals surface area contributed by atoms with E-state index in [1.165, 1.54) is 4.90 Å². The van der Waals surface area contributed by atoms with E-state index >= 15 is 0 Å². The number of para-hydroxylation sites is 1. The van der Waals surface area contributed by atoms with E-state index in [1.54, 1.807) is 22.7 Å². The summed E-state index contributed by atoms with van der Waals surface area (Å²) in [6.07, 6.45) is 0. The van der Waals surface area contributed by atoms with Crippen LogP contribution in [-0.4, -0.2) is 43.1 Å². The number of aromatic nitrogens is 2. The summed E-state index contributed by atoms with van der Waals surface area (Å²) in [6, 6.07) is 11.9. The van der Waals surface area contributed by atoms with Crippen LogP contribution in [0.5, 0.6) is 0 Å². The van der Waals surface area contributed by atoms with Crippen LogP contribution in [-0.2, 0) is 0 Å². The largest absolute Gasteiger partial charge is 0.338 e. The average molecular weight is 398 g/mol. The van der Waals surface area contributed by atoms with Crippen LogP contribution in [0.3, 0.4) is 0 Å². The summed E-state index contributed by atoms with van der Waals surface area (Å²) < 4.78 is 2.14. The van der Waals surface area contributed by atoms with Gasteiger partial charge in [0.05, 0.1) is 53.1 Å². The highest BCUT2D eigenvalue weighted by Gasteiger charge is 2.23. The van der Waals surface area contributed by atoms with Crippen LogP contribution < -0.4 is 9.80 Å². The Kier molecular flexibility index (Phi) is 4.90. The van der Waals surface area contributed by atoms with Crippen molar-refractivity contribution in [3.05, 3.63) is 53.0 Å². The van der Waals surface area contributed by atoms with Crippen molar-refractivity contribution in [3.63, 3.8) is 0 Å². The molecule has 5 nitrogen and oxygen atoms in total. The number of benzene rings is 2. The highest BCUT2D eigenvalue weighted by atomic mass is 32.1. The maximum Gasteiger partial charge on any atom is 0.260 e. The van der Waals surface area contributed by atoms with Gasteiger partial charge in [-0.3, -0.25) is 9.69 Å². The van der Waals surface area contributed by atoms with E-state index in [9.17, 15) is 4.79 Å². The van der Waals surface area contributed by atoms with Gasteiger partial charge in [0, 0.05) is 5.56 Å². The summed E-state index contributed by atoms with van der Waals surface area (Å²) in [5.74, 6) is -0.0109. The summed E-state index contributed by atoms with van der Waals surface area (Å²) >= 11 is 3.13. The molecule has 0 atom stereocenters. The fourth-order valence-corrected chi connectivity index (χ4v) is 4.74. The van der Waals surface area contributed by atoms with E-state index in [-0.39, 0.29) is 5.91 Å². The number of hydrogen-bond donors (Lipinski definition) is 1. The number of anilines is 1. The highest BCUT2D eigenvalue weighted by Crippen LogP contribution is 2.31. The van der Waals surface area contributed by atoms with E-state index in [0.717, 1.165) is 37.7 Å². The van der Waals surface area contributed by atoms with Gasteiger partial charge < -0.3 is 4.90 Å². The van der Waals surface area contributed by atoms with Crippen LogP contribution in [0.4, 0.5) is 5.13 Å². The van der Waals surface area contributed by atoms with Crippen LogP contribution in [0.1, 0.15) is 15.9 Å². The third-order valence-corrected chi connectivity index (χ3v) is 6.33. The SMILES string of the molecule is Cc1cccc2sc(N(CC[NH+](C)C)C(=O)c3ccc4ncsc4c3)nc12. The number of rotatable bonds is 5. The first kappa shape index (κ1) is 18.0. The molecule has 27 heavy (non-hydrogen) atoms. The number of nitrogens with zero attached hydrogens (tertiary/aromatic N) is 3. The first-order valence-corrected chi connectivity index (χ1v) is 10.5. The number of aryl methyl sites for hydroxylation is 1. The standard InChI is InChI=1S/C20H20N4OS2/c1-13-5-4-6-16-18(13)22-20(27-16)24(10-9-23(2)3)19(25)14-7-8-15-17(11-14)26-12-21-15/h4-8,11-12H,9-10H2,1-3H3/p+1. The third kappa shape index (κ3) is 3.58. The second kappa shape index (κ2) is 7.34. The highest BCUT2D eigenvalue weighted by molar-refractivity contribution is 7.22. The number of amides is 1. The maximum atomic E-state index is 13.4. The molecule has 0 spiro atoms. The zero-order chi connectivity index (χ0) is 19.0. The monoisotopic (exact) mass is 397 g/mol. The minimum absolute atomic E-state index is 0.0109. The smallest absolute Gasteiger partial charge is 0.260 e. The molecule has 0 unspecified atom stereocenters. The number of thiazole rings is 2. The summed E-state index contributed by atoms with van der Waals surface area (Å²) in [5.41, 5.74) is 5.52. The van der Waals surface area contributed by atoms with Crippen molar-refractivity contribution in [2.24, 2.45) is 0 Å². The zero-order valence-corrected chi connectivity index (χ0v) is 17.2. The molecule has 1 amide bonds. The molecule has 138 valence electrons. The lowest BCUT2D eigenvalue weighted by Gasteiger charge is -2.20. The van der Waals surface area contributed by atoms with Crippen LogP contribution in [0.15, 0.2) is 41.9 Å².